The largest absolute Gasteiger partial charge is 0.491 e. The van der Waals surface area contributed by atoms with Crippen LogP contribution in [0.4, 0.5) is 0 Å². The first-order valence-electron chi connectivity index (χ1n) is 6.70. The molecule has 19 heavy (non-hydrogen) atoms. The zero-order chi connectivity index (χ0) is 14.3. The van der Waals surface area contributed by atoms with E-state index in [2.05, 4.69) is 0 Å². The second-order valence-corrected chi connectivity index (χ2v) is 5.05. The van der Waals surface area contributed by atoms with Crippen LogP contribution in [-0.2, 0) is 0 Å². The highest BCUT2D eigenvalue weighted by Gasteiger charge is 2.15. The molecule has 3 nitrogen and oxygen atoms in total. The zero-order valence-electron chi connectivity index (χ0n) is 11.9. The molecule has 0 N–H and O–H groups in total. The number of carbonyl (C=O) groups is 1. The van der Waals surface area contributed by atoms with E-state index in [0.29, 0.717) is 18.0 Å². The molecule has 1 aromatic carbocycles. The van der Waals surface area contributed by atoms with Crippen molar-refractivity contribution in [1.82, 2.24) is 4.90 Å². The van der Waals surface area contributed by atoms with Gasteiger partial charge in [0, 0.05) is 24.5 Å². The van der Waals surface area contributed by atoms with Crippen LogP contribution in [0.25, 0.3) is 0 Å². The van der Waals surface area contributed by atoms with Gasteiger partial charge in [0.1, 0.15) is 5.75 Å². The van der Waals surface area contributed by atoms with Crippen molar-refractivity contribution >= 4 is 17.5 Å². The van der Waals surface area contributed by atoms with Gasteiger partial charge in [-0.1, -0.05) is 13.0 Å². The second kappa shape index (κ2) is 8.05. The van der Waals surface area contributed by atoms with Gasteiger partial charge in [-0.2, -0.15) is 0 Å². The smallest absolute Gasteiger partial charge is 0.254 e. The van der Waals surface area contributed by atoms with Crippen LogP contribution in [0.15, 0.2) is 24.3 Å². The fraction of sp³-hybridized carbons (Fsp3) is 0.533. The van der Waals surface area contributed by atoms with Crippen molar-refractivity contribution in [1.29, 1.82) is 0 Å². The normalized spacial score (nSPS) is 10.6. The Morgan fingerprint density at radius 2 is 2.11 bits per heavy atom. The Balaban J connectivity index is 2.84. The molecule has 0 fully saturated rings. The molecule has 0 bridgehead atoms. The molecular weight excluding hydrogens is 262 g/mol. The highest BCUT2D eigenvalue weighted by molar-refractivity contribution is 6.18. The highest BCUT2D eigenvalue weighted by atomic mass is 35.5. The van der Waals surface area contributed by atoms with E-state index >= 15 is 0 Å². The summed E-state index contributed by atoms with van der Waals surface area (Å²) >= 11 is 5.75. The molecule has 0 saturated carbocycles. The average molecular weight is 284 g/mol. The monoisotopic (exact) mass is 283 g/mol. The van der Waals surface area contributed by atoms with Gasteiger partial charge in [-0.05, 0) is 38.5 Å². The van der Waals surface area contributed by atoms with E-state index < -0.39 is 0 Å². The molecule has 1 amide bonds. The first-order chi connectivity index (χ1) is 9.08. The quantitative estimate of drug-likeness (QED) is 0.716. The number of rotatable bonds is 7. The fourth-order valence-corrected chi connectivity index (χ4v) is 2.05. The van der Waals surface area contributed by atoms with Crippen molar-refractivity contribution in [2.24, 2.45) is 0 Å². The van der Waals surface area contributed by atoms with Gasteiger partial charge in [-0.3, -0.25) is 4.79 Å². The lowest BCUT2D eigenvalue weighted by Crippen LogP contribution is -2.33. The summed E-state index contributed by atoms with van der Waals surface area (Å²) in [7, 11) is 0. The van der Waals surface area contributed by atoms with E-state index in [1.807, 2.05) is 39.0 Å². The van der Waals surface area contributed by atoms with Crippen LogP contribution in [0.5, 0.6) is 5.75 Å². The molecule has 0 aliphatic rings. The summed E-state index contributed by atoms with van der Waals surface area (Å²) in [6, 6.07) is 7.31. The minimum absolute atomic E-state index is 0.0108. The predicted molar refractivity (Wildman–Crippen MR) is 79.1 cm³/mol. The van der Waals surface area contributed by atoms with Crippen LogP contribution in [0, 0.1) is 0 Å². The third-order valence-corrected chi connectivity index (χ3v) is 2.76. The number of nitrogens with zero attached hydrogens (tertiary/aromatic N) is 1. The van der Waals surface area contributed by atoms with Crippen molar-refractivity contribution in [3.8, 4) is 5.75 Å². The Bertz CT molecular complexity index is 401. The third-order valence-electron chi connectivity index (χ3n) is 2.59. The molecule has 1 aromatic rings. The Morgan fingerprint density at radius 3 is 2.68 bits per heavy atom. The van der Waals surface area contributed by atoms with Gasteiger partial charge in [0.05, 0.1) is 6.10 Å². The van der Waals surface area contributed by atoms with E-state index in [-0.39, 0.29) is 12.0 Å². The number of hydrogen-bond acceptors (Lipinski definition) is 2. The maximum absolute atomic E-state index is 12.4. The van der Waals surface area contributed by atoms with E-state index in [9.17, 15) is 4.79 Å². The first kappa shape index (κ1) is 15.8. The van der Waals surface area contributed by atoms with Gasteiger partial charge in [-0.15, -0.1) is 11.6 Å². The lowest BCUT2D eigenvalue weighted by Gasteiger charge is -2.21. The summed E-state index contributed by atoms with van der Waals surface area (Å²) in [5, 5.41) is 0. The molecule has 0 spiro atoms. The third kappa shape index (κ3) is 5.11. The molecule has 0 heterocycles. The molecule has 0 aliphatic carbocycles. The SMILES string of the molecule is CCCN(CCCl)C(=O)c1cccc(OC(C)C)c1. The Labute approximate surface area is 120 Å². The Kier molecular flexibility index (Phi) is 6.71. The molecule has 0 unspecified atom stereocenters. The maximum atomic E-state index is 12.4. The topological polar surface area (TPSA) is 29.5 Å². The molecule has 1 rings (SSSR count). The van der Waals surface area contributed by atoms with Crippen molar-refractivity contribution in [2.75, 3.05) is 19.0 Å². The highest BCUT2D eigenvalue weighted by Crippen LogP contribution is 2.16. The number of halogens is 1. The van der Waals surface area contributed by atoms with Gasteiger partial charge >= 0.3 is 0 Å². The van der Waals surface area contributed by atoms with Crippen molar-refractivity contribution in [3.63, 3.8) is 0 Å². The molecular formula is C15H22ClNO2. The summed E-state index contributed by atoms with van der Waals surface area (Å²) in [6.45, 7) is 7.27. The Hall–Kier alpha value is -1.22. The zero-order valence-corrected chi connectivity index (χ0v) is 12.6. The summed E-state index contributed by atoms with van der Waals surface area (Å²) in [5.41, 5.74) is 0.650. The molecule has 0 aliphatic heterocycles. The van der Waals surface area contributed by atoms with Crippen LogP contribution >= 0.6 is 11.6 Å². The summed E-state index contributed by atoms with van der Waals surface area (Å²) in [6.07, 6.45) is 1.02. The van der Waals surface area contributed by atoms with Gasteiger partial charge in [-0.25, -0.2) is 0 Å². The molecule has 0 atom stereocenters. The summed E-state index contributed by atoms with van der Waals surface area (Å²) in [5.74, 6) is 1.19. The van der Waals surface area contributed by atoms with Crippen LogP contribution in [-0.4, -0.2) is 35.9 Å². The fourth-order valence-electron chi connectivity index (χ4n) is 1.84. The number of hydrogen-bond donors (Lipinski definition) is 0. The van der Waals surface area contributed by atoms with Gasteiger partial charge in [0.15, 0.2) is 0 Å². The molecule has 0 aromatic heterocycles. The lowest BCUT2D eigenvalue weighted by molar-refractivity contribution is 0.0765. The van der Waals surface area contributed by atoms with Crippen molar-refractivity contribution in [2.45, 2.75) is 33.3 Å². The second-order valence-electron chi connectivity index (χ2n) is 4.68. The molecule has 0 saturated heterocycles. The summed E-state index contributed by atoms with van der Waals surface area (Å²) < 4.78 is 5.61. The molecule has 106 valence electrons. The number of carbonyl (C=O) groups excluding carboxylic acids is 1. The first-order valence-corrected chi connectivity index (χ1v) is 7.23. The number of amides is 1. The van der Waals surface area contributed by atoms with Crippen LogP contribution < -0.4 is 4.74 Å². The van der Waals surface area contributed by atoms with Crippen molar-refractivity contribution < 1.29 is 9.53 Å². The van der Waals surface area contributed by atoms with E-state index in [4.69, 9.17) is 16.3 Å². The minimum atomic E-state index is 0.0108. The van der Waals surface area contributed by atoms with Gasteiger partial charge in [0.25, 0.3) is 5.91 Å². The summed E-state index contributed by atoms with van der Waals surface area (Å²) in [4.78, 5) is 14.2. The molecule has 4 heteroatoms. The standard InChI is InChI=1S/C15H22ClNO2/c1-4-9-17(10-8-16)15(18)13-6-5-7-14(11-13)19-12(2)3/h5-7,11-12H,4,8-10H2,1-3H3. The van der Waals surface area contributed by atoms with Crippen LogP contribution in [0.2, 0.25) is 0 Å². The number of alkyl halides is 1. The van der Waals surface area contributed by atoms with Gasteiger partial charge in [0.2, 0.25) is 0 Å². The number of ether oxygens (including phenoxy) is 1. The average Bonchev–Trinajstić information content (AvgIpc) is 2.37. The lowest BCUT2D eigenvalue weighted by atomic mass is 10.2. The maximum Gasteiger partial charge on any atom is 0.254 e. The number of benzene rings is 1. The van der Waals surface area contributed by atoms with E-state index in [0.717, 1.165) is 18.7 Å². The Morgan fingerprint density at radius 1 is 1.37 bits per heavy atom. The van der Waals surface area contributed by atoms with Crippen molar-refractivity contribution in [3.05, 3.63) is 29.8 Å². The van der Waals surface area contributed by atoms with Crippen LogP contribution in [0.3, 0.4) is 0 Å². The van der Waals surface area contributed by atoms with Crippen LogP contribution in [0.1, 0.15) is 37.6 Å². The minimum Gasteiger partial charge on any atom is -0.491 e. The van der Waals surface area contributed by atoms with E-state index in [1.54, 1.807) is 11.0 Å². The molecule has 0 radical (unpaired) electrons. The van der Waals surface area contributed by atoms with Gasteiger partial charge < -0.3 is 9.64 Å². The predicted octanol–water partition coefficient (Wildman–Crippen LogP) is 3.56. The van der Waals surface area contributed by atoms with E-state index in [1.165, 1.54) is 0 Å².